The van der Waals surface area contributed by atoms with E-state index in [1.807, 2.05) is 41.9 Å². The number of aryl methyl sites for hydroxylation is 1. The van der Waals surface area contributed by atoms with Crippen molar-refractivity contribution in [2.75, 3.05) is 6.54 Å². The summed E-state index contributed by atoms with van der Waals surface area (Å²) in [5.41, 5.74) is 6.37. The molecule has 27 heavy (non-hydrogen) atoms. The fraction of sp³-hybridized carbons (Fsp3) is 0.316. The highest BCUT2D eigenvalue weighted by atomic mass is 35.5. The van der Waals surface area contributed by atoms with Crippen LogP contribution < -0.4 is 11.1 Å². The van der Waals surface area contributed by atoms with Crippen molar-refractivity contribution in [2.24, 2.45) is 11.1 Å². The van der Waals surface area contributed by atoms with E-state index < -0.39 is 11.3 Å². The van der Waals surface area contributed by atoms with Crippen LogP contribution in [-0.4, -0.2) is 28.1 Å². The number of amides is 2. The van der Waals surface area contributed by atoms with Crippen LogP contribution in [0.3, 0.4) is 0 Å². The van der Waals surface area contributed by atoms with Gasteiger partial charge in [0, 0.05) is 17.0 Å². The highest BCUT2D eigenvalue weighted by molar-refractivity contribution is 7.20. The van der Waals surface area contributed by atoms with Gasteiger partial charge < -0.3 is 11.1 Å². The predicted octanol–water partition coefficient (Wildman–Crippen LogP) is 3.35. The van der Waals surface area contributed by atoms with Gasteiger partial charge in [0.15, 0.2) is 0 Å². The number of hydrogen-bond donors (Lipinski definition) is 2. The minimum atomic E-state index is -0.802. The van der Waals surface area contributed by atoms with E-state index in [0.29, 0.717) is 16.4 Å². The van der Waals surface area contributed by atoms with Crippen molar-refractivity contribution in [3.63, 3.8) is 0 Å². The van der Waals surface area contributed by atoms with E-state index in [1.165, 1.54) is 11.3 Å². The quantitative estimate of drug-likeness (QED) is 0.660. The molecule has 3 N–H and O–H groups in total. The maximum atomic E-state index is 12.5. The molecule has 142 valence electrons. The first-order valence-corrected chi connectivity index (χ1v) is 9.67. The molecule has 2 heterocycles. The number of benzene rings is 1. The Hall–Kier alpha value is -2.38. The zero-order chi connectivity index (χ0) is 19.8. The SMILES string of the molecule is Cc1nn(Cc2ccccc2Cl)c2sc(C(=O)NCC(C)(C)C(N)=O)cc12. The third-order valence-electron chi connectivity index (χ3n) is 4.47. The lowest BCUT2D eigenvalue weighted by atomic mass is 9.93. The first-order valence-electron chi connectivity index (χ1n) is 8.47. The van der Waals surface area contributed by atoms with E-state index in [-0.39, 0.29) is 12.5 Å². The smallest absolute Gasteiger partial charge is 0.261 e. The topological polar surface area (TPSA) is 90.0 Å². The Bertz CT molecular complexity index is 1020. The van der Waals surface area contributed by atoms with Crippen LogP contribution in [0.4, 0.5) is 0 Å². The normalized spacial score (nSPS) is 11.7. The number of fused-ring (bicyclic) bond motifs is 1. The molecule has 0 saturated heterocycles. The van der Waals surface area contributed by atoms with Gasteiger partial charge in [-0.25, -0.2) is 0 Å². The summed E-state index contributed by atoms with van der Waals surface area (Å²) in [4.78, 5) is 25.4. The lowest BCUT2D eigenvalue weighted by molar-refractivity contribution is -0.125. The number of halogens is 1. The molecule has 2 aromatic heterocycles. The van der Waals surface area contributed by atoms with Crippen LogP contribution in [0.2, 0.25) is 5.02 Å². The molecule has 0 atom stereocenters. The zero-order valence-corrected chi connectivity index (χ0v) is 16.9. The van der Waals surface area contributed by atoms with Crippen molar-refractivity contribution in [3.05, 3.63) is 51.5 Å². The van der Waals surface area contributed by atoms with Gasteiger partial charge in [0.05, 0.1) is 22.5 Å². The number of carbonyl (C=O) groups excluding carboxylic acids is 2. The molecular formula is C19H21ClN4O2S. The Morgan fingerprint density at radius 1 is 1.33 bits per heavy atom. The second-order valence-electron chi connectivity index (χ2n) is 7.09. The maximum Gasteiger partial charge on any atom is 0.261 e. The molecule has 6 nitrogen and oxygen atoms in total. The third-order valence-corrected chi connectivity index (χ3v) is 5.98. The zero-order valence-electron chi connectivity index (χ0n) is 15.4. The van der Waals surface area contributed by atoms with Crippen molar-refractivity contribution < 1.29 is 9.59 Å². The molecule has 0 fully saturated rings. The first kappa shape index (κ1) is 19.4. The molecule has 0 radical (unpaired) electrons. The van der Waals surface area contributed by atoms with Crippen LogP contribution in [-0.2, 0) is 11.3 Å². The van der Waals surface area contributed by atoms with Crippen molar-refractivity contribution in [2.45, 2.75) is 27.3 Å². The predicted molar refractivity (Wildman–Crippen MR) is 108 cm³/mol. The first-order chi connectivity index (χ1) is 12.7. The number of rotatable bonds is 6. The molecule has 0 spiro atoms. The monoisotopic (exact) mass is 404 g/mol. The highest BCUT2D eigenvalue weighted by Crippen LogP contribution is 2.29. The van der Waals surface area contributed by atoms with Crippen LogP contribution in [0.5, 0.6) is 0 Å². The molecule has 3 aromatic rings. The Morgan fingerprint density at radius 3 is 2.70 bits per heavy atom. The van der Waals surface area contributed by atoms with Crippen molar-refractivity contribution in [1.29, 1.82) is 0 Å². The van der Waals surface area contributed by atoms with Gasteiger partial charge in [0.2, 0.25) is 5.91 Å². The molecule has 0 aliphatic rings. The van der Waals surface area contributed by atoms with Gasteiger partial charge >= 0.3 is 0 Å². The number of nitrogens with two attached hydrogens (primary N) is 1. The van der Waals surface area contributed by atoms with Gasteiger partial charge in [-0.1, -0.05) is 29.8 Å². The van der Waals surface area contributed by atoms with Crippen LogP contribution in [0.1, 0.15) is 34.8 Å². The third kappa shape index (κ3) is 3.99. The van der Waals surface area contributed by atoms with Gasteiger partial charge in [-0.2, -0.15) is 5.10 Å². The fourth-order valence-electron chi connectivity index (χ4n) is 2.60. The average Bonchev–Trinajstić information content (AvgIpc) is 3.16. The van der Waals surface area contributed by atoms with Crippen LogP contribution in [0, 0.1) is 12.3 Å². The summed E-state index contributed by atoms with van der Waals surface area (Å²) in [5.74, 6) is -0.681. The van der Waals surface area contributed by atoms with E-state index in [9.17, 15) is 9.59 Å². The fourth-order valence-corrected chi connectivity index (χ4v) is 3.87. The van der Waals surface area contributed by atoms with Gasteiger partial charge in [-0.3, -0.25) is 14.3 Å². The molecule has 0 saturated carbocycles. The number of carbonyl (C=O) groups is 2. The summed E-state index contributed by atoms with van der Waals surface area (Å²) >= 11 is 7.62. The molecule has 0 aliphatic heterocycles. The largest absolute Gasteiger partial charge is 0.369 e. The number of primary amides is 1. The van der Waals surface area contributed by atoms with E-state index in [4.69, 9.17) is 17.3 Å². The van der Waals surface area contributed by atoms with Gasteiger partial charge in [0.1, 0.15) is 4.83 Å². The summed E-state index contributed by atoms with van der Waals surface area (Å²) in [6.07, 6.45) is 0. The Balaban J connectivity index is 1.84. The Kier molecular flexibility index (Phi) is 5.26. The van der Waals surface area contributed by atoms with Crippen LogP contribution in [0.25, 0.3) is 10.2 Å². The molecule has 0 unspecified atom stereocenters. The molecular weight excluding hydrogens is 384 g/mol. The van der Waals surface area contributed by atoms with Crippen molar-refractivity contribution >= 4 is 45.0 Å². The van der Waals surface area contributed by atoms with Crippen molar-refractivity contribution in [3.8, 4) is 0 Å². The summed E-state index contributed by atoms with van der Waals surface area (Å²) in [6.45, 7) is 6.02. The van der Waals surface area contributed by atoms with E-state index in [2.05, 4.69) is 10.4 Å². The Morgan fingerprint density at radius 2 is 2.04 bits per heavy atom. The standard InChI is InChI=1S/C19H21ClN4O2S/c1-11-13-8-15(16(25)22-10-19(2,3)18(21)26)27-17(13)24(23-11)9-12-6-4-5-7-14(12)20/h4-8H,9-10H2,1-3H3,(H2,21,26)(H,22,25). The summed E-state index contributed by atoms with van der Waals surface area (Å²) in [6, 6.07) is 9.45. The van der Waals surface area contributed by atoms with E-state index in [1.54, 1.807) is 13.8 Å². The molecule has 3 rings (SSSR count). The molecule has 1 aromatic carbocycles. The van der Waals surface area contributed by atoms with Crippen LogP contribution >= 0.6 is 22.9 Å². The number of hydrogen-bond acceptors (Lipinski definition) is 4. The average molecular weight is 405 g/mol. The highest BCUT2D eigenvalue weighted by Gasteiger charge is 2.26. The number of nitrogens with one attached hydrogen (secondary N) is 1. The summed E-state index contributed by atoms with van der Waals surface area (Å²) < 4.78 is 1.86. The van der Waals surface area contributed by atoms with E-state index in [0.717, 1.165) is 21.5 Å². The Labute approximate surface area is 166 Å². The maximum absolute atomic E-state index is 12.5. The molecule has 0 aliphatic carbocycles. The summed E-state index contributed by atoms with van der Waals surface area (Å²) in [5, 5.41) is 8.98. The van der Waals surface area contributed by atoms with Gasteiger partial charge in [-0.05, 0) is 38.5 Å². The van der Waals surface area contributed by atoms with Crippen LogP contribution in [0.15, 0.2) is 30.3 Å². The number of aromatic nitrogens is 2. The van der Waals surface area contributed by atoms with E-state index >= 15 is 0 Å². The minimum absolute atomic E-state index is 0.181. The lowest BCUT2D eigenvalue weighted by Crippen LogP contribution is -2.42. The molecule has 8 heteroatoms. The van der Waals surface area contributed by atoms with Gasteiger partial charge in [-0.15, -0.1) is 11.3 Å². The van der Waals surface area contributed by atoms with Gasteiger partial charge in [0.25, 0.3) is 5.91 Å². The molecule has 0 bridgehead atoms. The summed E-state index contributed by atoms with van der Waals surface area (Å²) in [7, 11) is 0. The number of nitrogens with zero attached hydrogens (tertiary/aromatic N) is 2. The number of thiophene rings is 1. The minimum Gasteiger partial charge on any atom is -0.369 e. The van der Waals surface area contributed by atoms with Crippen molar-refractivity contribution in [1.82, 2.24) is 15.1 Å². The second kappa shape index (κ2) is 7.32. The second-order valence-corrected chi connectivity index (χ2v) is 8.53. The lowest BCUT2D eigenvalue weighted by Gasteiger charge is -2.20. The molecule has 2 amide bonds.